The standard InChI is InChI=1S/C13H16ClN3O/c1-9-11(8-16-17-9)7-15-6-10-3-4-13(18-2)12(14)5-10/h3-5,8,15H,6-7H2,1-2H3,(H,16,17). The quantitative estimate of drug-likeness (QED) is 0.874. The van der Waals surface area contributed by atoms with Crippen LogP contribution in [-0.2, 0) is 13.1 Å². The normalized spacial score (nSPS) is 10.6. The predicted octanol–water partition coefficient (Wildman–Crippen LogP) is 2.67. The van der Waals surface area contributed by atoms with Gasteiger partial charge in [-0.3, -0.25) is 5.10 Å². The summed E-state index contributed by atoms with van der Waals surface area (Å²) in [4.78, 5) is 0. The van der Waals surface area contributed by atoms with E-state index in [1.807, 2.05) is 31.3 Å². The van der Waals surface area contributed by atoms with Crippen LogP contribution in [0.3, 0.4) is 0 Å². The molecule has 0 saturated heterocycles. The molecule has 0 aliphatic rings. The number of hydrogen-bond acceptors (Lipinski definition) is 3. The molecule has 0 saturated carbocycles. The van der Waals surface area contributed by atoms with Crippen LogP contribution < -0.4 is 10.1 Å². The van der Waals surface area contributed by atoms with Crippen LogP contribution in [0.15, 0.2) is 24.4 Å². The Bertz CT molecular complexity index is 525. The first-order valence-corrected chi connectivity index (χ1v) is 6.10. The number of aromatic amines is 1. The maximum atomic E-state index is 6.07. The molecule has 18 heavy (non-hydrogen) atoms. The van der Waals surface area contributed by atoms with Gasteiger partial charge < -0.3 is 10.1 Å². The number of aryl methyl sites for hydroxylation is 1. The first-order chi connectivity index (χ1) is 8.70. The number of hydrogen-bond donors (Lipinski definition) is 2. The molecule has 1 aromatic carbocycles. The molecule has 1 heterocycles. The van der Waals surface area contributed by atoms with Crippen LogP contribution >= 0.6 is 11.6 Å². The van der Waals surface area contributed by atoms with Gasteiger partial charge in [0.1, 0.15) is 5.75 Å². The highest BCUT2D eigenvalue weighted by molar-refractivity contribution is 6.32. The summed E-state index contributed by atoms with van der Waals surface area (Å²) in [5, 5.41) is 10.9. The minimum absolute atomic E-state index is 0.635. The maximum absolute atomic E-state index is 6.07. The van der Waals surface area contributed by atoms with Crippen molar-refractivity contribution in [2.45, 2.75) is 20.0 Å². The van der Waals surface area contributed by atoms with Crippen LogP contribution in [0.2, 0.25) is 5.02 Å². The second-order valence-electron chi connectivity index (χ2n) is 4.09. The zero-order valence-corrected chi connectivity index (χ0v) is 11.2. The van der Waals surface area contributed by atoms with Crippen molar-refractivity contribution in [3.63, 3.8) is 0 Å². The van der Waals surface area contributed by atoms with Crippen molar-refractivity contribution < 1.29 is 4.74 Å². The predicted molar refractivity (Wildman–Crippen MR) is 71.9 cm³/mol. The molecular formula is C13H16ClN3O. The molecule has 0 atom stereocenters. The summed E-state index contributed by atoms with van der Waals surface area (Å²) in [7, 11) is 1.61. The van der Waals surface area contributed by atoms with Crippen LogP contribution in [-0.4, -0.2) is 17.3 Å². The summed E-state index contributed by atoms with van der Waals surface area (Å²) in [5.41, 5.74) is 3.40. The zero-order chi connectivity index (χ0) is 13.0. The highest BCUT2D eigenvalue weighted by Crippen LogP contribution is 2.24. The Labute approximate surface area is 111 Å². The van der Waals surface area contributed by atoms with Gasteiger partial charge in [0.05, 0.1) is 18.3 Å². The van der Waals surface area contributed by atoms with Crippen molar-refractivity contribution in [3.05, 3.63) is 46.2 Å². The third-order valence-corrected chi connectivity index (χ3v) is 3.09. The minimum Gasteiger partial charge on any atom is -0.495 e. The summed E-state index contributed by atoms with van der Waals surface area (Å²) in [5.74, 6) is 0.700. The summed E-state index contributed by atoms with van der Waals surface area (Å²) in [6, 6.07) is 5.79. The smallest absolute Gasteiger partial charge is 0.137 e. The third-order valence-electron chi connectivity index (χ3n) is 2.80. The number of methoxy groups -OCH3 is 1. The van der Waals surface area contributed by atoms with Gasteiger partial charge in [-0.25, -0.2) is 0 Å². The van der Waals surface area contributed by atoms with Gasteiger partial charge in [-0.2, -0.15) is 5.10 Å². The van der Waals surface area contributed by atoms with Gasteiger partial charge >= 0.3 is 0 Å². The van der Waals surface area contributed by atoms with Gasteiger partial charge in [0, 0.05) is 24.3 Å². The summed E-state index contributed by atoms with van der Waals surface area (Å²) in [6.07, 6.45) is 1.84. The van der Waals surface area contributed by atoms with Gasteiger partial charge in [0.2, 0.25) is 0 Å². The van der Waals surface area contributed by atoms with E-state index in [-0.39, 0.29) is 0 Å². The van der Waals surface area contributed by atoms with Crippen LogP contribution in [0, 0.1) is 6.92 Å². The Hall–Kier alpha value is -1.52. The van der Waals surface area contributed by atoms with Crippen LogP contribution in [0.1, 0.15) is 16.8 Å². The van der Waals surface area contributed by atoms with E-state index in [2.05, 4.69) is 15.5 Å². The average Bonchev–Trinajstić information content (AvgIpc) is 2.75. The van der Waals surface area contributed by atoms with Crippen LogP contribution in [0.5, 0.6) is 5.75 Å². The number of halogens is 1. The molecular weight excluding hydrogens is 250 g/mol. The second-order valence-corrected chi connectivity index (χ2v) is 4.50. The largest absolute Gasteiger partial charge is 0.495 e. The lowest BCUT2D eigenvalue weighted by Gasteiger charge is -2.07. The van der Waals surface area contributed by atoms with Gasteiger partial charge in [-0.1, -0.05) is 17.7 Å². The third kappa shape index (κ3) is 3.03. The van der Waals surface area contributed by atoms with Gasteiger partial charge in [-0.05, 0) is 24.6 Å². The fraction of sp³-hybridized carbons (Fsp3) is 0.308. The first-order valence-electron chi connectivity index (χ1n) is 5.72. The fourth-order valence-electron chi connectivity index (χ4n) is 1.72. The minimum atomic E-state index is 0.635. The SMILES string of the molecule is COc1ccc(CNCc2cn[nH]c2C)cc1Cl. The molecule has 4 nitrogen and oxygen atoms in total. The molecule has 2 aromatic rings. The molecule has 0 radical (unpaired) electrons. The van der Waals surface area contributed by atoms with Crippen molar-refractivity contribution in [1.29, 1.82) is 0 Å². The Morgan fingerprint density at radius 1 is 1.39 bits per heavy atom. The van der Waals surface area contributed by atoms with Crippen LogP contribution in [0.25, 0.3) is 0 Å². The van der Waals surface area contributed by atoms with E-state index in [9.17, 15) is 0 Å². The maximum Gasteiger partial charge on any atom is 0.137 e. The van der Waals surface area contributed by atoms with E-state index in [0.29, 0.717) is 10.8 Å². The lowest BCUT2D eigenvalue weighted by Crippen LogP contribution is -2.12. The highest BCUT2D eigenvalue weighted by Gasteiger charge is 2.03. The number of nitrogens with zero attached hydrogens (tertiary/aromatic N) is 1. The fourth-order valence-corrected chi connectivity index (χ4v) is 2.00. The Morgan fingerprint density at radius 3 is 2.83 bits per heavy atom. The van der Waals surface area contributed by atoms with Crippen molar-refractivity contribution in [3.8, 4) is 5.75 Å². The van der Waals surface area contributed by atoms with Crippen molar-refractivity contribution in [1.82, 2.24) is 15.5 Å². The molecule has 0 fully saturated rings. The topological polar surface area (TPSA) is 49.9 Å². The molecule has 1 aromatic heterocycles. The van der Waals surface area contributed by atoms with Crippen LogP contribution in [0.4, 0.5) is 0 Å². The molecule has 0 bridgehead atoms. The van der Waals surface area contributed by atoms with E-state index < -0.39 is 0 Å². The number of benzene rings is 1. The number of nitrogens with one attached hydrogen (secondary N) is 2. The molecule has 0 spiro atoms. The molecule has 0 aliphatic heterocycles. The molecule has 2 N–H and O–H groups in total. The Balaban J connectivity index is 1.91. The summed E-state index contributed by atoms with van der Waals surface area (Å²) >= 11 is 6.07. The summed E-state index contributed by atoms with van der Waals surface area (Å²) < 4.78 is 5.11. The second kappa shape index (κ2) is 5.89. The average molecular weight is 266 g/mol. The highest BCUT2D eigenvalue weighted by atomic mass is 35.5. The van der Waals surface area contributed by atoms with Gasteiger partial charge in [-0.15, -0.1) is 0 Å². The van der Waals surface area contributed by atoms with E-state index in [1.54, 1.807) is 7.11 Å². The van der Waals surface area contributed by atoms with Crippen molar-refractivity contribution >= 4 is 11.6 Å². The molecule has 5 heteroatoms. The lowest BCUT2D eigenvalue weighted by atomic mass is 10.2. The summed E-state index contributed by atoms with van der Waals surface area (Å²) in [6.45, 7) is 3.55. The molecule has 0 amide bonds. The van der Waals surface area contributed by atoms with E-state index in [0.717, 1.165) is 24.3 Å². The van der Waals surface area contributed by atoms with E-state index in [4.69, 9.17) is 16.3 Å². The first kappa shape index (κ1) is 12.9. The molecule has 0 aliphatic carbocycles. The number of aromatic nitrogens is 2. The van der Waals surface area contributed by atoms with E-state index in [1.165, 1.54) is 5.56 Å². The lowest BCUT2D eigenvalue weighted by molar-refractivity contribution is 0.415. The molecule has 96 valence electrons. The van der Waals surface area contributed by atoms with Gasteiger partial charge in [0.25, 0.3) is 0 Å². The monoisotopic (exact) mass is 265 g/mol. The van der Waals surface area contributed by atoms with E-state index >= 15 is 0 Å². The van der Waals surface area contributed by atoms with Crippen molar-refractivity contribution in [2.24, 2.45) is 0 Å². The number of ether oxygens (including phenoxy) is 1. The number of H-pyrrole nitrogens is 1. The molecule has 2 rings (SSSR count). The van der Waals surface area contributed by atoms with Crippen molar-refractivity contribution in [2.75, 3.05) is 7.11 Å². The Kier molecular flexibility index (Phi) is 4.23. The number of rotatable bonds is 5. The Morgan fingerprint density at radius 2 is 2.22 bits per heavy atom. The molecule has 0 unspecified atom stereocenters. The zero-order valence-electron chi connectivity index (χ0n) is 10.5. The van der Waals surface area contributed by atoms with Gasteiger partial charge in [0.15, 0.2) is 0 Å².